The van der Waals surface area contributed by atoms with Crippen LogP contribution >= 0.6 is 0 Å². The van der Waals surface area contributed by atoms with Gasteiger partial charge < -0.3 is 10.2 Å². The topological polar surface area (TPSA) is 74.6 Å². The van der Waals surface area contributed by atoms with Crippen molar-refractivity contribution in [2.75, 3.05) is 0 Å². The van der Waals surface area contributed by atoms with Gasteiger partial charge in [0, 0.05) is 0 Å². The number of Topliss-reactive ketones (excluding diaryl/α,β-unsaturated/α-hetero) is 2. The highest BCUT2D eigenvalue weighted by Gasteiger charge is 2.41. The van der Waals surface area contributed by atoms with Gasteiger partial charge in [0.15, 0.2) is 0 Å². The smallest absolute Gasteiger partial charge is 0.144 e. The molecule has 0 saturated heterocycles. The van der Waals surface area contributed by atoms with Crippen LogP contribution in [0.5, 0.6) is 11.5 Å². The minimum Gasteiger partial charge on any atom is -0.507 e. The summed E-state index contributed by atoms with van der Waals surface area (Å²) in [6.07, 6.45) is 0.547. The quantitative estimate of drug-likeness (QED) is 0.517. The Hall–Kier alpha value is -2.62. The standard InChI is InChI=1S/C27H36O4/c1-15(2)23-11-21(9-17(5)25(23)30)13-27(19(7)28,20(8)29)14-22-10-18(6)26(31)24(12-22)16(3)4/h9-12,15-16,30-31H,13-14H2,1-8H3. The summed E-state index contributed by atoms with van der Waals surface area (Å²) in [4.78, 5) is 25.9. The maximum absolute atomic E-state index is 12.9. The van der Waals surface area contributed by atoms with E-state index in [-0.39, 0.29) is 47.7 Å². The molecule has 0 bridgehead atoms. The molecule has 2 N–H and O–H groups in total. The van der Waals surface area contributed by atoms with Gasteiger partial charge in [-0.05, 0) is 85.8 Å². The zero-order valence-electron chi connectivity index (χ0n) is 20.1. The van der Waals surface area contributed by atoms with E-state index in [1.165, 1.54) is 13.8 Å². The van der Waals surface area contributed by atoms with Crippen LogP contribution in [-0.2, 0) is 22.4 Å². The third-order valence-electron chi connectivity index (χ3n) is 6.38. The van der Waals surface area contributed by atoms with Crippen LogP contribution in [0.2, 0.25) is 0 Å². The van der Waals surface area contributed by atoms with E-state index in [1.807, 2.05) is 65.8 Å². The highest BCUT2D eigenvalue weighted by Crippen LogP contribution is 2.37. The van der Waals surface area contributed by atoms with Gasteiger partial charge in [0.2, 0.25) is 0 Å². The molecule has 0 aliphatic rings. The number of ketones is 2. The highest BCUT2D eigenvalue weighted by molar-refractivity contribution is 6.05. The summed E-state index contributed by atoms with van der Waals surface area (Å²) in [6, 6.07) is 7.55. The van der Waals surface area contributed by atoms with Gasteiger partial charge in [0.05, 0.1) is 5.41 Å². The van der Waals surface area contributed by atoms with Crippen molar-refractivity contribution >= 4 is 11.6 Å². The number of rotatable bonds is 8. The van der Waals surface area contributed by atoms with E-state index in [2.05, 4.69) is 0 Å². The molecule has 168 valence electrons. The number of phenolic OH excluding ortho intramolecular Hbond substituents is 2. The normalized spacial score (nSPS) is 11.9. The van der Waals surface area contributed by atoms with E-state index < -0.39 is 5.41 Å². The molecule has 2 aromatic rings. The summed E-state index contributed by atoms with van der Waals surface area (Å²) >= 11 is 0. The van der Waals surface area contributed by atoms with Gasteiger partial charge in [-0.2, -0.15) is 0 Å². The number of hydrogen-bond acceptors (Lipinski definition) is 4. The number of carbonyl (C=O) groups is 2. The molecule has 0 saturated carbocycles. The fourth-order valence-corrected chi connectivity index (χ4v) is 4.36. The monoisotopic (exact) mass is 424 g/mol. The Morgan fingerprint density at radius 2 is 1.06 bits per heavy atom. The first-order valence-corrected chi connectivity index (χ1v) is 11.0. The lowest BCUT2D eigenvalue weighted by atomic mass is 9.70. The molecule has 4 heteroatoms. The first-order chi connectivity index (χ1) is 14.3. The van der Waals surface area contributed by atoms with Crippen LogP contribution in [-0.4, -0.2) is 21.8 Å². The number of benzene rings is 2. The first kappa shape index (κ1) is 24.6. The first-order valence-electron chi connectivity index (χ1n) is 11.0. The van der Waals surface area contributed by atoms with Crippen molar-refractivity contribution in [2.45, 2.75) is 80.1 Å². The highest BCUT2D eigenvalue weighted by atomic mass is 16.3. The predicted octanol–water partition coefficient (Wildman–Crippen LogP) is 5.91. The Labute approximate surface area is 186 Å². The van der Waals surface area contributed by atoms with E-state index in [0.29, 0.717) is 0 Å². The van der Waals surface area contributed by atoms with Gasteiger partial charge >= 0.3 is 0 Å². The Morgan fingerprint density at radius 1 is 0.742 bits per heavy atom. The van der Waals surface area contributed by atoms with E-state index in [0.717, 1.165) is 33.4 Å². The summed E-state index contributed by atoms with van der Waals surface area (Å²) in [5, 5.41) is 20.9. The second-order valence-corrected chi connectivity index (χ2v) is 9.56. The van der Waals surface area contributed by atoms with Crippen molar-refractivity contribution in [2.24, 2.45) is 5.41 Å². The van der Waals surface area contributed by atoms with Crippen molar-refractivity contribution in [3.63, 3.8) is 0 Å². The summed E-state index contributed by atoms with van der Waals surface area (Å²) in [7, 11) is 0. The average molecular weight is 425 g/mol. The van der Waals surface area contributed by atoms with Crippen LogP contribution in [0.1, 0.15) is 86.8 Å². The number of hydrogen-bond donors (Lipinski definition) is 2. The van der Waals surface area contributed by atoms with Crippen LogP contribution in [0.3, 0.4) is 0 Å². The second-order valence-electron chi connectivity index (χ2n) is 9.56. The van der Waals surface area contributed by atoms with Crippen molar-refractivity contribution in [1.29, 1.82) is 0 Å². The predicted molar refractivity (Wildman–Crippen MR) is 125 cm³/mol. The summed E-state index contributed by atoms with van der Waals surface area (Å²) in [5.41, 5.74) is 3.65. The number of phenols is 2. The molecule has 0 unspecified atom stereocenters. The van der Waals surface area contributed by atoms with Gasteiger partial charge in [-0.15, -0.1) is 0 Å². The van der Waals surface area contributed by atoms with E-state index in [9.17, 15) is 19.8 Å². The summed E-state index contributed by atoms with van der Waals surface area (Å²) < 4.78 is 0. The lowest BCUT2D eigenvalue weighted by molar-refractivity contribution is -0.138. The lowest BCUT2D eigenvalue weighted by Gasteiger charge is -2.30. The zero-order chi connectivity index (χ0) is 23.7. The van der Waals surface area contributed by atoms with Crippen LogP contribution in [0, 0.1) is 19.3 Å². The molecule has 0 heterocycles. The molecule has 0 aliphatic carbocycles. The lowest BCUT2D eigenvalue weighted by Crippen LogP contribution is -2.41. The molecule has 0 fully saturated rings. The van der Waals surface area contributed by atoms with Gasteiger partial charge in [0.25, 0.3) is 0 Å². The van der Waals surface area contributed by atoms with Gasteiger partial charge in [0.1, 0.15) is 23.1 Å². The molecule has 0 aliphatic heterocycles. The maximum atomic E-state index is 12.9. The number of carbonyl (C=O) groups excluding carboxylic acids is 2. The molecule has 0 spiro atoms. The van der Waals surface area contributed by atoms with Crippen molar-refractivity contribution in [1.82, 2.24) is 0 Å². The van der Waals surface area contributed by atoms with Crippen LogP contribution in [0.4, 0.5) is 0 Å². The number of aromatic hydroxyl groups is 2. The third-order valence-corrected chi connectivity index (χ3v) is 6.38. The maximum Gasteiger partial charge on any atom is 0.144 e. The molecular weight excluding hydrogens is 388 g/mol. The Bertz CT molecular complexity index is 917. The van der Waals surface area contributed by atoms with Gasteiger partial charge in [-0.1, -0.05) is 52.0 Å². The molecule has 0 aromatic heterocycles. The zero-order valence-corrected chi connectivity index (χ0v) is 20.1. The molecular formula is C27H36O4. The fraction of sp³-hybridized carbons (Fsp3) is 0.481. The molecule has 4 nitrogen and oxygen atoms in total. The Kier molecular flexibility index (Phi) is 7.36. The van der Waals surface area contributed by atoms with Crippen molar-refractivity contribution in [3.8, 4) is 11.5 Å². The number of aryl methyl sites for hydroxylation is 2. The third kappa shape index (κ3) is 5.00. The molecule has 0 atom stereocenters. The molecule has 2 aromatic carbocycles. The minimum atomic E-state index is -1.20. The van der Waals surface area contributed by atoms with Gasteiger partial charge in [-0.25, -0.2) is 0 Å². The van der Waals surface area contributed by atoms with Crippen molar-refractivity contribution < 1.29 is 19.8 Å². The van der Waals surface area contributed by atoms with Crippen LogP contribution in [0.25, 0.3) is 0 Å². The summed E-state index contributed by atoms with van der Waals surface area (Å²) in [5.74, 6) is 0.436. The molecule has 31 heavy (non-hydrogen) atoms. The summed E-state index contributed by atoms with van der Waals surface area (Å²) in [6.45, 7) is 14.7. The van der Waals surface area contributed by atoms with E-state index in [1.54, 1.807) is 0 Å². The largest absolute Gasteiger partial charge is 0.507 e. The Morgan fingerprint density at radius 3 is 1.32 bits per heavy atom. The van der Waals surface area contributed by atoms with Gasteiger partial charge in [-0.3, -0.25) is 9.59 Å². The van der Waals surface area contributed by atoms with E-state index in [4.69, 9.17) is 0 Å². The molecule has 0 amide bonds. The second kappa shape index (κ2) is 9.25. The van der Waals surface area contributed by atoms with Crippen LogP contribution < -0.4 is 0 Å². The molecule has 0 radical (unpaired) electrons. The Balaban J connectivity index is 2.61. The van der Waals surface area contributed by atoms with Crippen molar-refractivity contribution in [3.05, 3.63) is 57.6 Å². The minimum absolute atomic E-state index is 0.121. The fourth-order valence-electron chi connectivity index (χ4n) is 4.36. The average Bonchev–Trinajstić information content (AvgIpc) is 2.65. The molecule has 2 rings (SSSR count). The van der Waals surface area contributed by atoms with Crippen LogP contribution in [0.15, 0.2) is 24.3 Å². The SMILES string of the molecule is CC(=O)C(Cc1cc(C)c(O)c(C(C)C)c1)(Cc1cc(C)c(O)c(C(C)C)c1)C(C)=O. The van der Waals surface area contributed by atoms with E-state index >= 15 is 0 Å².